The quantitative estimate of drug-likeness (QED) is 0.542. The minimum Gasteiger partial charge on any atom is -0.337 e. The van der Waals surface area contributed by atoms with Crippen molar-refractivity contribution in [2.24, 2.45) is 0 Å². The molecule has 2 aliphatic heterocycles. The Morgan fingerprint density at radius 3 is 2.74 bits per heavy atom. The number of nitrogens with zero attached hydrogens (tertiary/aromatic N) is 2. The maximum absolute atomic E-state index is 13.3. The maximum atomic E-state index is 13.3. The predicted molar refractivity (Wildman–Crippen MR) is 137 cm³/mol. The average Bonchev–Trinajstić information content (AvgIpc) is 3.36. The number of carbonyl (C=O) groups is 2. The zero-order valence-corrected chi connectivity index (χ0v) is 21.6. The van der Waals surface area contributed by atoms with Gasteiger partial charge in [0.15, 0.2) is 0 Å². The number of sulfonamides is 1. The molecule has 1 fully saturated rings. The molecule has 1 N–H and O–H groups in total. The van der Waals surface area contributed by atoms with E-state index in [1.165, 1.54) is 21.4 Å². The first-order chi connectivity index (χ1) is 16.7. The summed E-state index contributed by atoms with van der Waals surface area (Å²) in [6.07, 6.45) is 2.16. The van der Waals surface area contributed by atoms with Crippen LogP contribution in [0.2, 0.25) is 5.02 Å². The van der Waals surface area contributed by atoms with Crippen LogP contribution < -0.4 is 4.72 Å². The summed E-state index contributed by atoms with van der Waals surface area (Å²) < 4.78 is 28.7. The van der Waals surface area contributed by atoms with Crippen LogP contribution in [-0.4, -0.2) is 55.2 Å². The highest BCUT2D eigenvalue weighted by molar-refractivity contribution is 7.89. The van der Waals surface area contributed by atoms with Crippen LogP contribution in [0.25, 0.3) is 10.8 Å². The topological polar surface area (TPSA) is 86.8 Å². The summed E-state index contributed by atoms with van der Waals surface area (Å²) in [5, 5.41) is 4.19. The zero-order chi connectivity index (χ0) is 24.7. The summed E-state index contributed by atoms with van der Waals surface area (Å²) in [7, 11) is -3.92. The first kappa shape index (κ1) is 24.2. The monoisotopic (exact) mass is 531 g/mol. The SMILES string of the molecule is C[C@@H](C(=O)N1CCCc2sccc2C1)N1CC[C@H](NS(=O)(=O)c2ccc3cc(Cl)ccc3c2)C1=O. The molecule has 184 valence electrons. The van der Waals surface area contributed by atoms with E-state index in [0.29, 0.717) is 31.1 Å². The second-order valence-corrected chi connectivity index (χ2v) is 12.2. The number of likely N-dealkylation sites (tertiary alicyclic amines) is 1. The molecule has 0 spiro atoms. The number of fused-ring (bicyclic) bond motifs is 2. The average molecular weight is 532 g/mol. The van der Waals surface area contributed by atoms with Gasteiger partial charge in [-0.1, -0.05) is 23.7 Å². The van der Waals surface area contributed by atoms with E-state index in [1.807, 2.05) is 10.3 Å². The largest absolute Gasteiger partial charge is 0.337 e. The van der Waals surface area contributed by atoms with Crippen LogP contribution in [0.5, 0.6) is 0 Å². The van der Waals surface area contributed by atoms with E-state index in [9.17, 15) is 18.0 Å². The zero-order valence-electron chi connectivity index (χ0n) is 19.2. The molecule has 0 bridgehead atoms. The van der Waals surface area contributed by atoms with Crippen LogP contribution in [0.15, 0.2) is 52.7 Å². The molecule has 0 unspecified atom stereocenters. The number of thiophene rings is 1. The van der Waals surface area contributed by atoms with Gasteiger partial charge in [-0.05, 0) is 78.2 Å². The molecule has 3 heterocycles. The highest BCUT2D eigenvalue weighted by Crippen LogP contribution is 2.26. The van der Waals surface area contributed by atoms with Crippen molar-refractivity contribution in [3.8, 4) is 0 Å². The molecule has 1 aromatic heterocycles. The second kappa shape index (κ2) is 9.54. The number of benzene rings is 2. The van der Waals surface area contributed by atoms with Crippen LogP contribution >= 0.6 is 22.9 Å². The summed E-state index contributed by atoms with van der Waals surface area (Å²) in [6, 6.07) is 10.5. The van der Waals surface area contributed by atoms with Gasteiger partial charge in [-0.2, -0.15) is 4.72 Å². The lowest BCUT2D eigenvalue weighted by atomic mass is 10.1. The molecule has 0 aliphatic carbocycles. The molecule has 0 radical (unpaired) electrons. The summed E-state index contributed by atoms with van der Waals surface area (Å²) in [5.74, 6) is -0.470. The number of halogens is 1. The number of hydrogen-bond acceptors (Lipinski definition) is 5. The van der Waals surface area contributed by atoms with Crippen LogP contribution in [0.4, 0.5) is 0 Å². The Bertz CT molecular complexity index is 1400. The normalized spacial score (nSPS) is 19.6. The van der Waals surface area contributed by atoms with E-state index >= 15 is 0 Å². The van der Waals surface area contributed by atoms with Crippen molar-refractivity contribution < 1.29 is 18.0 Å². The van der Waals surface area contributed by atoms with Crippen LogP contribution in [-0.2, 0) is 32.6 Å². The van der Waals surface area contributed by atoms with Gasteiger partial charge in [0.05, 0.1) is 4.90 Å². The van der Waals surface area contributed by atoms with E-state index in [4.69, 9.17) is 11.6 Å². The molecular formula is C25H26ClN3O4S2. The second-order valence-electron chi connectivity index (χ2n) is 9.06. The highest BCUT2D eigenvalue weighted by Gasteiger charge is 2.40. The first-order valence-corrected chi connectivity index (χ1v) is 14.3. The van der Waals surface area contributed by atoms with Gasteiger partial charge in [-0.15, -0.1) is 11.3 Å². The number of amides is 2. The van der Waals surface area contributed by atoms with Crippen molar-refractivity contribution in [2.45, 2.75) is 49.7 Å². The Kier molecular flexibility index (Phi) is 6.61. The lowest BCUT2D eigenvalue weighted by Crippen LogP contribution is -2.50. The van der Waals surface area contributed by atoms with Crippen molar-refractivity contribution in [1.82, 2.24) is 14.5 Å². The molecule has 10 heteroatoms. The first-order valence-electron chi connectivity index (χ1n) is 11.6. The van der Waals surface area contributed by atoms with E-state index in [-0.39, 0.29) is 16.7 Å². The van der Waals surface area contributed by atoms with Crippen LogP contribution in [0.3, 0.4) is 0 Å². The fraction of sp³-hybridized carbons (Fsp3) is 0.360. The van der Waals surface area contributed by atoms with Gasteiger partial charge in [-0.25, -0.2) is 8.42 Å². The van der Waals surface area contributed by atoms with Crippen molar-refractivity contribution in [3.05, 3.63) is 63.3 Å². The molecule has 35 heavy (non-hydrogen) atoms. The smallest absolute Gasteiger partial charge is 0.245 e. The van der Waals surface area contributed by atoms with Gasteiger partial charge < -0.3 is 9.80 Å². The molecule has 2 aromatic carbocycles. The Balaban J connectivity index is 1.27. The van der Waals surface area contributed by atoms with Crippen molar-refractivity contribution in [3.63, 3.8) is 0 Å². The van der Waals surface area contributed by atoms with E-state index < -0.39 is 22.1 Å². The van der Waals surface area contributed by atoms with Crippen LogP contribution in [0, 0.1) is 0 Å². The summed E-state index contributed by atoms with van der Waals surface area (Å²) in [6.45, 7) is 3.25. The van der Waals surface area contributed by atoms with Gasteiger partial charge in [0.2, 0.25) is 21.8 Å². The third-order valence-electron chi connectivity index (χ3n) is 6.79. The molecule has 2 amide bonds. The molecule has 2 aliphatic rings. The molecule has 0 saturated carbocycles. The molecular weight excluding hydrogens is 506 g/mol. The fourth-order valence-electron chi connectivity index (χ4n) is 4.84. The van der Waals surface area contributed by atoms with E-state index in [0.717, 1.165) is 23.6 Å². The van der Waals surface area contributed by atoms with Crippen molar-refractivity contribution >= 4 is 55.5 Å². The summed E-state index contributed by atoms with van der Waals surface area (Å²) in [4.78, 5) is 31.1. The fourth-order valence-corrected chi connectivity index (χ4v) is 7.22. The van der Waals surface area contributed by atoms with Gasteiger partial charge in [0.25, 0.3) is 0 Å². The lowest BCUT2D eigenvalue weighted by Gasteiger charge is -2.30. The van der Waals surface area contributed by atoms with E-state index in [2.05, 4.69) is 10.8 Å². The molecule has 7 nitrogen and oxygen atoms in total. The van der Waals surface area contributed by atoms with E-state index in [1.54, 1.807) is 48.6 Å². The lowest BCUT2D eigenvalue weighted by molar-refractivity contribution is -0.143. The molecule has 3 aromatic rings. The molecule has 2 atom stereocenters. The standard InChI is InChI=1S/C25H26ClN3O4S2/c1-16(24(30)28-10-2-3-23-19(15-28)9-12-34-23)29-11-8-22(25(29)31)27-35(32,33)21-7-5-17-13-20(26)6-4-18(17)14-21/h4-7,9,12-14,16,22,27H,2-3,8,10-11,15H2,1H3/t16-,22-/m0/s1. The third-order valence-corrected chi connectivity index (χ3v) is 9.52. The Hall–Kier alpha value is -2.46. The number of hydrogen-bond donors (Lipinski definition) is 1. The number of aryl methyl sites for hydroxylation is 1. The molecule has 5 rings (SSSR count). The maximum Gasteiger partial charge on any atom is 0.245 e. The Morgan fingerprint density at radius 1 is 1.14 bits per heavy atom. The predicted octanol–water partition coefficient (Wildman–Crippen LogP) is 3.80. The minimum atomic E-state index is -3.92. The van der Waals surface area contributed by atoms with Gasteiger partial charge >= 0.3 is 0 Å². The number of rotatable bonds is 5. The molecule has 1 saturated heterocycles. The van der Waals surface area contributed by atoms with Crippen LogP contribution in [0.1, 0.15) is 30.2 Å². The number of nitrogens with one attached hydrogen (secondary N) is 1. The minimum absolute atomic E-state index is 0.0823. The summed E-state index contributed by atoms with van der Waals surface area (Å²) >= 11 is 7.73. The Labute approximate surface area is 213 Å². The third kappa shape index (κ3) is 4.82. The summed E-state index contributed by atoms with van der Waals surface area (Å²) in [5.41, 5.74) is 1.17. The van der Waals surface area contributed by atoms with Crippen molar-refractivity contribution in [2.75, 3.05) is 13.1 Å². The highest BCUT2D eigenvalue weighted by atomic mass is 35.5. The Morgan fingerprint density at radius 2 is 1.91 bits per heavy atom. The van der Waals surface area contributed by atoms with Crippen molar-refractivity contribution in [1.29, 1.82) is 0 Å². The number of carbonyl (C=O) groups excluding carboxylic acids is 2. The van der Waals surface area contributed by atoms with Gasteiger partial charge in [0, 0.05) is 29.5 Å². The van der Waals surface area contributed by atoms with Gasteiger partial charge in [0.1, 0.15) is 12.1 Å². The van der Waals surface area contributed by atoms with Gasteiger partial charge in [-0.3, -0.25) is 9.59 Å².